The van der Waals surface area contributed by atoms with Gasteiger partial charge in [-0.1, -0.05) is 19.1 Å². The topological polar surface area (TPSA) is 92.7 Å². The third-order valence-corrected chi connectivity index (χ3v) is 6.46. The van der Waals surface area contributed by atoms with Crippen molar-refractivity contribution in [2.75, 3.05) is 5.32 Å². The maximum absolute atomic E-state index is 13.0. The third-order valence-electron chi connectivity index (χ3n) is 5.39. The normalized spacial score (nSPS) is 25.8. The number of aryl methyl sites for hydroxylation is 1. The van der Waals surface area contributed by atoms with Crippen molar-refractivity contribution >= 4 is 34.2 Å². The maximum atomic E-state index is 13.0. The minimum Gasteiger partial charge on any atom is -0.481 e. The number of amides is 1. The van der Waals surface area contributed by atoms with Gasteiger partial charge in [-0.25, -0.2) is 4.79 Å². The number of aliphatic carboxylic acids is 1. The van der Waals surface area contributed by atoms with Crippen molar-refractivity contribution in [3.8, 4) is 0 Å². The minimum atomic E-state index is -0.942. The highest BCUT2D eigenvalue weighted by Gasteiger charge is 2.51. The van der Waals surface area contributed by atoms with Gasteiger partial charge in [0.2, 0.25) is 5.91 Å². The van der Waals surface area contributed by atoms with Crippen LogP contribution in [0.4, 0.5) is 5.00 Å². The number of carboxylic acid groups (broad SMARTS) is 1. The molecule has 6 nitrogen and oxygen atoms in total. The van der Waals surface area contributed by atoms with Crippen LogP contribution >= 0.6 is 11.3 Å². The molecule has 2 bridgehead atoms. The van der Waals surface area contributed by atoms with E-state index in [0.717, 1.165) is 10.4 Å². The third kappa shape index (κ3) is 3.52. The number of carboxylic acids is 1. The Morgan fingerprint density at radius 1 is 1.26 bits per heavy atom. The second kappa shape index (κ2) is 7.46. The van der Waals surface area contributed by atoms with Crippen LogP contribution in [-0.4, -0.2) is 29.1 Å². The van der Waals surface area contributed by atoms with Gasteiger partial charge in [0.25, 0.3) is 0 Å². The number of ether oxygens (including phenoxy) is 1. The number of rotatable bonds is 6. The average Bonchev–Trinajstić information content (AvgIpc) is 3.25. The molecule has 7 heteroatoms. The summed E-state index contributed by atoms with van der Waals surface area (Å²) in [6, 6.07) is 0. The summed E-state index contributed by atoms with van der Waals surface area (Å²) in [6.07, 6.45) is 4.93. The zero-order chi connectivity index (χ0) is 19.9. The molecule has 0 saturated heterocycles. The fourth-order valence-electron chi connectivity index (χ4n) is 4.29. The molecule has 1 fully saturated rings. The van der Waals surface area contributed by atoms with E-state index >= 15 is 0 Å². The van der Waals surface area contributed by atoms with Gasteiger partial charge in [0.1, 0.15) is 5.00 Å². The van der Waals surface area contributed by atoms with Crippen molar-refractivity contribution in [3.63, 3.8) is 0 Å². The van der Waals surface area contributed by atoms with E-state index in [1.54, 1.807) is 13.8 Å². The number of carbonyl (C=O) groups excluding carboxylic acids is 2. The molecular formula is C20H25NO5S. The molecule has 0 spiro atoms. The fourth-order valence-corrected chi connectivity index (χ4v) is 5.43. The number of thiophene rings is 1. The molecule has 2 N–H and O–H groups in total. The second-order valence-corrected chi connectivity index (χ2v) is 8.70. The zero-order valence-corrected chi connectivity index (χ0v) is 16.8. The van der Waals surface area contributed by atoms with Crippen LogP contribution in [0.3, 0.4) is 0 Å². The molecule has 4 atom stereocenters. The van der Waals surface area contributed by atoms with Crippen molar-refractivity contribution < 1.29 is 24.2 Å². The van der Waals surface area contributed by atoms with E-state index in [9.17, 15) is 19.5 Å². The number of nitrogens with one attached hydrogen (secondary N) is 1. The summed E-state index contributed by atoms with van der Waals surface area (Å²) in [5.74, 6) is -3.20. The van der Waals surface area contributed by atoms with E-state index in [-0.39, 0.29) is 23.8 Å². The number of fused-ring (bicyclic) bond motifs is 2. The van der Waals surface area contributed by atoms with Crippen molar-refractivity contribution in [1.82, 2.24) is 0 Å². The van der Waals surface area contributed by atoms with Crippen LogP contribution in [0.1, 0.15) is 48.0 Å². The summed E-state index contributed by atoms with van der Waals surface area (Å²) in [7, 11) is 0. The lowest BCUT2D eigenvalue weighted by molar-refractivity contribution is -0.146. The Morgan fingerprint density at radius 2 is 1.89 bits per heavy atom. The quantitative estimate of drug-likeness (QED) is 0.570. The summed E-state index contributed by atoms with van der Waals surface area (Å²) >= 11 is 1.34. The van der Waals surface area contributed by atoms with Gasteiger partial charge in [-0.3, -0.25) is 9.59 Å². The summed E-state index contributed by atoms with van der Waals surface area (Å²) in [5.41, 5.74) is 1.26. The Bertz CT molecular complexity index is 810. The van der Waals surface area contributed by atoms with Gasteiger partial charge >= 0.3 is 11.9 Å². The lowest BCUT2D eigenvalue weighted by Crippen LogP contribution is -2.36. The first-order chi connectivity index (χ1) is 12.7. The predicted molar refractivity (Wildman–Crippen MR) is 103 cm³/mol. The Balaban J connectivity index is 1.89. The number of hydrogen-bond donors (Lipinski definition) is 2. The molecule has 3 rings (SSSR count). The fraction of sp³-hybridized carbons (Fsp3) is 0.550. The molecule has 1 aromatic heterocycles. The first kappa shape index (κ1) is 19.6. The Kier molecular flexibility index (Phi) is 5.42. The van der Waals surface area contributed by atoms with Gasteiger partial charge in [-0.2, -0.15) is 0 Å². The largest absolute Gasteiger partial charge is 0.481 e. The van der Waals surface area contributed by atoms with E-state index < -0.39 is 23.8 Å². The molecular weight excluding hydrogens is 366 g/mol. The van der Waals surface area contributed by atoms with Crippen molar-refractivity contribution in [1.29, 1.82) is 0 Å². The number of esters is 1. The van der Waals surface area contributed by atoms with E-state index in [4.69, 9.17) is 4.74 Å². The molecule has 2 aliphatic rings. The van der Waals surface area contributed by atoms with Crippen LogP contribution in [0, 0.1) is 30.6 Å². The van der Waals surface area contributed by atoms with E-state index in [1.165, 1.54) is 11.3 Å². The van der Waals surface area contributed by atoms with Gasteiger partial charge in [0, 0.05) is 4.88 Å². The lowest BCUT2D eigenvalue weighted by Gasteiger charge is -2.23. The molecule has 0 radical (unpaired) electrons. The van der Waals surface area contributed by atoms with Crippen molar-refractivity contribution in [2.45, 2.75) is 46.6 Å². The first-order valence-corrected chi connectivity index (χ1v) is 10.1. The van der Waals surface area contributed by atoms with E-state index in [1.807, 2.05) is 26.0 Å². The molecule has 0 aliphatic heterocycles. The van der Waals surface area contributed by atoms with Crippen LogP contribution in [0.2, 0.25) is 0 Å². The van der Waals surface area contributed by atoms with Crippen LogP contribution in [0.25, 0.3) is 0 Å². The zero-order valence-electron chi connectivity index (χ0n) is 15.9. The summed E-state index contributed by atoms with van der Waals surface area (Å²) < 4.78 is 5.36. The number of allylic oxidation sites excluding steroid dienone is 2. The Morgan fingerprint density at radius 3 is 2.44 bits per heavy atom. The Hall–Kier alpha value is -2.15. The molecule has 1 aromatic rings. The summed E-state index contributed by atoms with van der Waals surface area (Å²) in [6.45, 7) is 7.42. The highest BCUT2D eigenvalue weighted by molar-refractivity contribution is 7.16. The standard InChI is InChI=1S/C20H25NO5S/c1-5-13-10(4)27-18(16(13)20(25)26-9(2)3)21-17(22)14-11-6-7-12(8-11)15(14)19(23)24/h6-7,9,11-12,14-15H,5,8H2,1-4H3,(H,21,22)(H,23,24)/t11-,12+,14-,15+/m1/s1. The number of anilines is 1. The molecule has 146 valence electrons. The summed E-state index contributed by atoms with van der Waals surface area (Å²) in [4.78, 5) is 38.2. The van der Waals surface area contributed by atoms with Gasteiger partial charge in [-0.15, -0.1) is 11.3 Å². The molecule has 0 unspecified atom stereocenters. The second-order valence-electron chi connectivity index (χ2n) is 7.48. The molecule has 1 amide bonds. The predicted octanol–water partition coefficient (Wildman–Crippen LogP) is 3.65. The van der Waals surface area contributed by atoms with E-state index in [2.05, 4.69) is 5.32 Å². The lowest BCUT2D eigenvalue weighted by atomic mass is 9.82. The highest BCUT2D eigenvalue weighted by Crippen LogP contribution is 2.49. The van der Waals surface area contributed by atoms with Gasteiger partial charge in [0.15, 0.2) is 0 Å². The van der Waals surface area contributed by atoms with Gasteiger partial charge in [0.05, 0.1) is 23.5 Å². The molecule has 2 aliphatic carbocycles. The van der Waals surface area contributed by atoms with Crippen LogP contribution in [0.5, 0.6) is 0 Å². The van der Waals surface area contributed by atoms with Crippen LogP contribution in [-0.2, 0) is 20.7 Å². The summed E-state index contributed by atoms with van der Waals surface area (Å²) in [5, 5.41) is 12.9. The Labute approximate surface area is 162 Å². The molecule has 27 heavy (non-hydrogen) atoms. The smallest absolute Gasteiger partial charge is 0.341 e. The average molecular weight is 391 g/mol. The van der Waals surface area contributed by atoms with E-state index in [0.29, 0.717) is 23.4 Å². The number of carbonyl (C=O) groups is 3. The SMILES string of the molecule is CCc1c(C)sc(NC(=O)[C@H]2[C@@H](C(=O)O)[C@H]3C=C[C@@H]2C3)c1C(=O)OC(C)C. The number of hydrogen-bond acceptors (Lipinski definition) is 5. The minimum absolute atomic E-state index is 0.0612. The molecule has 1 saturated carbocycles. The van der Waals surface area contributed by atoms with Gasteiger partial charge < -0.3 is 15.2 Å². The first-order valence-electron chi connectivity index (χ1n) is 9.29. The monoisotopic (exact) mass is 391 g/mol. The van der Waals surface area contributed by atoms with Crippen molar-refractivity contribution in [3.05, 3.63) is 28.2 Å². The van der Waals surface area contributed by atoms with Crippen LogP contribution < -0.4 is 5.32 Å². The van der Waals surface area contributed by atoms with Gasteiger partial charge in [-0.05, 0) is 51.0 Å². The maximum Gasteiger partial charge on any atom is 0.341 e. The van der Waals surface area contributed by atoms with Crippen LogP contribution in [0.15, 0.2) is 12.2 Å². The van der Waals surface area contributed by atoms with Crippen molar-refractivity contribution in [2.24, 2.45) is 23.7 Å². The molecule has 1 heterocycles. The molecule has 0 aromatic carbocycles. The highest BCUT2D eigenvalue weighted by atomic mass is 32.1.